The summed E-state index contributed by atoms with van der Waals surface area (Å²) in [5.41, 5.74) is 3.35. The molecule has 156 valence electrons. The molecule has 0 radical (unpaired) electrons. The maximum atomic E-state index is 12.5. The van der Waals surface area contributed by atoms with Gasteiger partial charge < -0.3 is 10.1 Å². The van der Waals surface area contributed by atoms with Crippen molar-refractivity contribution >= 4 is 15.9 Å². The number of sulfonamides is 1. The predicted molar refractivity (Wildman–Crippen MR) is 112 cm³/mol. The van der Waals surface area contributed by atoms with Gasteiger partial charge in [0, 0.05) is 31.7 Å². The zero-order valence-electron chi connectivity index (χ0n) is 16.6. The van der Waals surface area contributed by atoms with Crippen molar-refractivity contribution in [3.8, 4) is 0 Å². The van der Waals surface area contributed by atoms with Crippen LogP contribution in [0.2, 0.25) is 0 Å². The molecule has 2 aromatic rings. The Morgan fingerprint density at radius 2 is 1.72 bits per heavy atom. The van der Waals surface area contributed by atoms with E-state index >= 15 is 0 Å². The van der Waals surface area contributed by atoms with Crippen LogP contribution in [0.15, 0.2) is 48.5 Å². The van der Waals surface area contributed by atoms with Gasteiger partial charge in [-0.1, -0.05) is 36.4 Å². The second kappa shape index (κ2) is 9.98. The smallest absolute Gasteiger partial charge is 0.251 e. The summed E-state index contributed by atoms with van der Waals surface area (Å²) in [4.78, 5) is 14.8. The SMILES string of the molecule is CNS(=O)(=O)Cc1ccc(CNC(=O)c2cccc(CN3CCOCC3)c2)cc1. The van der Waals surface area contributed by atoms with Crippen molar-refractivity contribution in [1.29, 1.82) is 0 Å². The fraction of sp³-hybridized carbons (Fsp3) is 0.381. The monoisotopic (exact) mass is 417 g/mol. The number of hydrogen-bond donors (Lipinski definition) is 2. The molecule has 0 unspecified atom stereocenters. The van der Waals surface area contributed by atoms with Crippen molar-refractivity contribution in [2.24, 2.45) is 0 Å². The fourth-order valence-electron chi connectivity index (χ4n) is 3.16. The van der Waals surface area contributed by atoms with Crippen LogP contribution in [0.4, 0.5) is 0 Å². The molecule has 7 nitrogen and oxygen atoms in total. The third kappa shape index (κ3) is 6.64. The molecule has 1 amide bonds. The Kier molecular flexibility index (Phi) is 7.38. The number of morpholine rings is 1. The zero-order valence-corrected chi connectivity index (χ0v) is 17.4. The summed E-state index contributed by atoms with van der Waals surface area (Å²) in [6.07, 6.45) is 0. The Hall–Kier alpha value is -2.26. The Morgan fingerprint density at radius 1 is 1.03 bits per heavy atom. The highest BCUT2D eigenvalue weighted by molar-refractivity contribution is 7.88. The van der Waals surface area contributed by atoms with E-state index in [-0.39, 0.29) is 11.7 Å². The molecule has 1 aliphatic rings. The van der Waals surface area contributed by atoms with E-state index in [0.29, 0.717) is 17.7 Å². The second-order valence-corrected chi connectivity index (χ2v) is 8.98. The first-order valence-corrected chi connectivity index (χ1v) is 11.3. The molecule has 0 saturated carbocycles. The molecule has 0 aliphatic carbocycles. The fourth-order valence-corrected chi connectivity index (χ4v) is 3.93. The Morgan fingerprint density at radius 3 is 2.41 bits per heavy atom. The number of benzene rings is 2. The minimum Gasteiger partial charge on any atom is -0.379 e. The Bertz CT molecular complexity index is 923. The standard InChI is InChI=1S/C21H27N3O4S/c1-22-29(26,27)16-18-7-5-17(6-8-18)14-23-21(25)20-4-2-3-19(13-20)15-24-9-11-28-12-10-24/h2-8,13,22H,9-12,14-16H2,1H3,(H,23,25). The topological polar surface area (TPSA) is 87.7 Å². The zero-order chi connectivity index (χ0) is 20.7. The summed E-state index contributed by atoms with van der Waals surface area (Å²) in [5, 5.41) is 2.92. The molecule has 0 aromatic heterocycles. The lowest BCUT2D eigenvalue weighted by molar-refractivity contribution is 0.0342. The van der Waals surface area contributed by atoms with E-state index in [4.69, 9.17) is 4.74 Å². The number of carbonyl (C=O) groups is 1. The summed E-state index contributed by atoms with van der Waals surface area (Å²) in [6.45, 7) is 4.50. The quantitative estimate of drug-likeness (QED) is 0.680. The number of rotatable bonds is 8. The van der Waals surface area contributed by atoms with Gasteiger partial charge in [-0.2, -0.15) is 0 Å². The van der Waals surface area contributed by atoms with Gasteiger partial charge >= 0.3 is 0 Å². The van der Waals surface area contributed by atoms with Gasteiger partial charge in [-0.3, -0.25) is 9.69 Å². The largest absolute Gasteiger partial charge is 0.379 e. The molecule has 2 N–H and O–H groups in total. The number of carbonyl (C=O) groups excluding carboxylic acids is 1. The van der Waals surface area contributed by atoms with Crippen LogP contribution in [0.25, 0.3) is 0 Å². The summed E-state index contributed by atoms with van der Waals surface area (Å²) in [5.74, 6) is -0.192. The molecular weight excluding hydrogens is 390 g/mol. The molecule has 1 saturated heterocycles. The lowest BCUT2D eigenvalue weighted by Gasteiger charge is -2.26. The van der Waals surface area contributed by atoms with Crippen molar-refractivity contribution < 1.29 is 17.9 Å². The van der Waals surface area contributed by atoms with Crippen LogP contribution in [0.3, 0.4) is 0 Å². The molecule has 1 fully saturated rings. The van der Waals surface area contributed by atoms with Crippen LogP contribution in [-0.4, -0.2) is 52.6 Å². The molecule has 0 spiro atoms. The van der Waals surface area contributed by atoms with Crippen molar-refractivity contribution in [2.45, 2.75) is 18.8 Å². The predicted octanol–water partition coefficient (Wildman–Crippen LogP) is 1.50. The van der Waals surface area contributed by atoms with Gasteiger partial charge in [0.2, 0.25) is 10.0 Å². The Labute approximate surface area is 172 Å². The minimum atomic E-state index is -3.29. The second-order valence-electron chi connectivity index (χ2n) is 7.05. The van der Waals surface area contributed by atoms with Gasteiger partial charge in [0.15, 0.2) is 0 Å². The molecule has 1 heterocycles. The van der Waals surface area contributed by atoms with Crippen molar-refractivity contribution in [1.82, 2.24) is 14.9 Å². The normalized spacial score (nSPS) is 15.2. The maximum absolute atomic E-state index is 12.5. The van der Waals surface area contributed by atoms with E-state index in [0.717, 1.165) is 44.0 Å². The number of ether oxygens (including phenoxy) is 1. The van der Waals surface area contributed by atoms with E-state index in [9.17, 15) is 13.2 Å². The van der Waals surface area contributed by atoms with Crippen LogP contribution in [0.1, 0.15) is 27.0 Å². The van der Waals surface area contributed by atoms with Crippen molar-refractivity contribution in [2.75, 3.05) is 33.4 Å². The lowest BCUT2D eigenvalue weighted by Crippen LogP contribution is -2.35. The summed E-state index contributed by atoms with van der Waals surface area (Å²) in [7, 11) is -1.89. The van der Waals surface area contributed by atoms with Crippen LogP contribution >= 0.6 is 0 Å². The van der Waals surface area contributed by atoms with Gasteiger partial charge in [-0.05, 0) is 35.9 Å². The average molecular weight is 418 g/mol. The first kappa shape index (κ1) is 21.4. The van der Waals surface area contributed by atoms with Gasteiger partial charge in [-0.25, -0.2) is 13.1 Å². The van der Waals surface area contributed by atoms with E-state index < -0.39 is 10.0 Å². The average Bonchev–Trinajstić information content (AvgIpc) is 2.74. The highest BCUT2D eigenvalue weighted by atomic mass is 32.2. The molecule has 29 heavy (non-hydrogen) atoms. The number of nitrogens with one attached hydrogen (secondary N) is 2. The molecule has 2 aromatic carbocycles. The highest BCUT2D eigenvalue weighted by Gasteiger charge is 2.12. The molecule has 8 heteroatoms. The van der Waals surface area contributed by atoms with E-state index in [2.05, 4.69) is 14.9 Å². The third-order valence-corrected chi connectivity index (χ3v) is 6.18. The molecular formula is C21H27N3O4S. The van der Waals surface area contributed by atoms with Crippen LogP contribution in [-0.2, 0) is 33.6 Å². The first-order valence-electron chi connectivity index (χ1n) is 9.61. The number of nitrogens with zero attached hydrogens (tertiary/aromatic N) is 1. The molecule has 3 rings (SSSR count). The number of amides is 1. The van der Waals surface area contributed by atoms with Crippen LogP contribution in [0, 0.1) is 0 Å². The summed E-state index contributed by atoms with van der Waals surface area (Å²) >= 11 is 0. The van der Waals surface area contributed by atoms with E-state index in [1.54, 1.807) is 12.1 Å². The van der Waals surface area contributed by atoms with Gasteiger partial charge in [-0.15, -0.1) is 0 Å². The van der Waals surface area contributed by atoms with E-state index in [1.165, 1.54) is 7.05 Å². The summed E-state index contributed by atoms with van der Waals surface area (Å²) < 4.78 is 30.9. The van der Waals surface area contributed by atoms with Crippen LogP contribution in [0.5, 0.6) is 0 Å². The van der Waals surface area contributed by atoms with Gasteiger partial charge in [0.1, 0.15) is 0 Å². The summed E-state index contributed by atoms with van der Waals surface area (Å²) in [6, 6.07) is 14.9. The van der Waals surface area contributed by atoms with Crippen molar-refractivity contribution in [3.05, 3.63) is 70.8 Å². The van der Waals surface area contributed by atoms with Gasteiger partial charge in [0.25, 0.3) is 5.91 Å². The molecule has 1 aliphatic heterocycles. The minimum absolute atomic E-state index is 0.0634. The van der Waals surface area contributed by atoms with Crippen molar-refractivity contribution in [3.63, 3.8) is 0 Å². The Balaban J connectivity index is 1.54. The molecule has 0 atom stereocenters. The third-order valence-electron chi connectivity index (χ3n) is 4.84. The lowest BCUT2D eigenvalue weighted by atomic mass is 10.1. The first-order chi connectivity index (χ1) is 13.9. The van der Waals surface area contributed by atoms with Crippen LogP contribution < -0.4 is 10.0 Å². The highest BCUT2D eigenvalue weighted by Crippen LogP contribution is 2.11. The number of hydrogen-bond acceptors (Lipinski definition) is 5. The molecule has 0 bridgehead atoms. The van der Waals surface area contributed by atoms with Gasteiger partial charge in [0.05, 0.1) is 19.0 Å². The van der Waals surface area contributed by atoms with E-state index in [1.807, 2.05) is 36.4 Å². The maximum Gasteiger partial charge on any atom is 0.251 e.